The number of hydrogen-bond donors (Lipinski definition) is 1. The van der Waals surface area contributed by atoms with E-state index >= 15 is 0 Å². The molecule has 0 heterocycles. The van der Waals surface area contributed by atoms with Gasteiger partial charge in [-0.3, -0.25) is 0 Å². The van der Waals surface area contributed by atoms with Crippen molar-refractivity contribution in [1.29, 1.82) is 0 Å². The van der Waals surface area contributed by atoms with Gasteiger partial charge in [-0.25, -0.2) is 4.79 Å². The second-order valence-electron chi connectivity index (χ2n) is 8.16. The first-order valence-corrected chi connectivity index (χ1v) is 8.15. The molecule has 0 saturated carbocycles. The van der Waals surface area contributed by atoms with Crippen LogP contribution < -0.4 is 4.74 Å². The Morgan fingerprint density at radius 1 is 0.875 bits per heavy atom. The van der Waals surface area contributed by atoms with Crippen LogP contribution in [0.5, 0.6) is 5.75 Å². The summed E-state index contributed by atoms with van der Waals surface area (Å²) in [6.45, 7) is 12.9. The second kappa shape index (κ2) is 6.31. The SMILES string of the molecule is CC(C)(C)c1cccc(-c2cc(C(C)(C)C)ccc2OC(=O)O)c1. The number of carboxylic acid groups (broad SMARTS) is 1. The molecule has 0 fully saturated rings. The molecule has 3 heteroatoms. The molecular formula is C21H26O3. The first kappa shape index (κ1) is 18.1. The first-order chi connectivity index (χ1) is 11.0. The third-order valence-electron chi connectivity index (χ3n) is 4.08. The Morgan fingerprint density at radius 2 is 1.46 bits per heavy atom. The van der Waals surface area contributed by atoms with Crippen LogP contribution in [0, 0.1) is 0 Å². The van der Waals surface area contributed by atoms with Crippen LogP contribution in [0.3, 0.4) is 0 Å². The van der Waals surface area contributed by atoms with Gasteiger partial charge in [-0.05, 0) is 39.7 Å². The molecule has 0 radical (unpaired) electrons. The van der Waals surface area contributed by atoms with Crippen LogP contribution in [0.4, 0.5) is 4.79 Å². The molecule has 3 nitrogen and oxygen atoms in total. The van der Waals surface area contributed by atoms with Gasteiger partial charge in [0.05, 0.1) is 0 Å². The van der Waals surface area contributed by atoms with E-state index in [1.807, 2.05) is 24.3 Å². The van der Waals surface area contributed by atoms with E-state index in [2.05, 4.69) is 53.7 Å². The Hall–Kier alpha value is -2.29. The number of rotatable bonds is 2. The summed E-state index contributed by atoms with van der Waals surface area (Å²) >= 11 is 0. The lowest BCUT2D eigenvalue weighted by Gasteiger charge is -2.22. The third-order valence-corrected chi connectivity index (χ3v) is 4.08. The van der Waals surface area contributed by atoms with Crippen LogP contribution in [-0.4, -0.2) is 11.3 Å². The van der Waals surface area contributed by atoms with Crippen LogP contribution in [0.1, 0.15) is 52.7 Å². The molecular weight excluding hydrogens is 300 g/mol. The molecule has 0 aliphatic heterocycles. The third kappa shape index (κ3) is 4.16. The zero-order valence-corrected chi connectivity index (χ0v) is 15.3. The van der Waals surface area contributed by atoms with Crippen molar-refractivity contribution in [3.8, 4) is 16.9 Å². The van der Waals surface area contributed by atoms with Gasteiger partial charge in [0.2, 0.25) is 0 Å². The molecule has 0 aromatic heterocycles. The molecule has 1 N–H and O–H groups in total. The summed E-state index contributed by atoms with van der Waals surface area (Å²) in [4.78, 5) is 11.0. The highest BCUT2D eigenvalue weighted by Crippen LogP contribution is 2.36. The Balaban J connectivity index is 2.64. The highest BCUT2D eigenvalue weighted by molar-refractivity contribution is 5.75. The number of hydrogen-bond acceptors (Lipinski definition) is 2. The molecule has 0 saturated heterocycles. The molecule has 0 unspecified atom stereocenters. The van der Waals surface area contributed by atoms with Crippen LogP contribution in [0.15, 0.2) is 42.5 Å². The summed E-state index contributed by atoms with van der Waals surface area (Å²) in [6.07, 6.45) is -1.30. The van der Waals surface area contributed by atoms with E-state index < -0.39 is 6.16 Å². The molecule has 0 aliphatic rings. The molecule has 128 valence electrons. The smallest absolute Gasteiger partial charge is 0.449 e. The van der Waals surface area contributed by atoms with Crippen LogP contribution in [-0.2, 0) is 10.8 Å². The van der Waals surface area contributed by atoms with Gasteiger partial charge in [0.25, 0.3) is 0 Å². The van der Waals surface area contributed by atoms with Crippen molar-refractivity contribution in [3.05, 3.63) is 53.6 Å². The van der Waals surface area contributed by atoms with Crippen molar-refractivity contribution in [1.82, 2.24) is 0 Å². The largest absolute Gasteiger partial charge is 0.511 e. The molecule has 2 aromatic carbocycles. The fourth-order valence-corrected chi connectivity index (χ4v) is 2.56. The van der Waals surface area contributed by atoms with E-state index in [4.69, 9.17) is 9.84 Å². The highest BCUT2D eigenvalue weighted by atomic mass is 16.7. The normalized spacial score (nSPS) is 12.1. The minimum atomic E-state index is -1.30. The Morgan fingerprint density at radius 3 is 2.00 bits per heavy atom. The molecule has 2 aromatic rings. The summed E-state index contributed by atoms with van der Waals surface area (Å²) < 4.78 is 5.01. The fraction of sp³-hybridized carbons (Fsp3) is 0.381. The molecule has 0 spiro atoms. The fourth-order valence-electron chi connectivity index (χ4n) is 2.56. The molecule has 0 bridgehead atoms. The lowest BCUT2D eigenvalue weighted by Crippen LogP contribution is -2.13. The maximum absolute atomic E-state index is 11.0. The highest BCUT2D eigenvalue weighted by Gasteiger charge is 2.19. The molecule has 2 rings (SSSR count). The summed E-state index contributed by atoms with van der Waals surface area (Å²) in [6, 6.07) is 13.9. The van der Waals surface area contributed by atoms with E-state index in [9.17, 15) is 4.79 Å². The first-order valence-electron chi connectivity index (χ1n) is 8.15. The maximum Gasteiger partial charge on any atom is 0.511 e. The van der Waals surface area contributed by atoms with Gasteiger partial charge in [-0.2, -0.15) is 0 Å². The quantitative estimate of drug-likeness (QED) is 0.543. The number of benzene rings is 2. The average molecular weight is 326 g/mol. The predicted molar refractivity (Wildman–Crippen MR) is 97.9 cm³/mol. The molecule has 0 amide bonds. The average Bonchev–Trinajstić information content (AvgIpc) is 2.45. The standard InChI is InChI=1S/C21H26O3/c1-20(2,3)15-9-7-8-14(12-15)17-13-16(21(4,5)6)10-11-18(17)24-19(22)23/h7-13H,1-6H3,(H,22,23). The summed E-state index contributed by atoms with van der Waals surface area (Å²) in [5.41, 5.74) is 4.09. The summed E-state index contributed by atoms with van der Waals surface area (Å²) in [7, 11) is 0. The number of carbonyl (C=O) groups is 1. The topological polar surface area (TPSA) is 46.5 Å². The van der Waals surface area contributed by atoms with E-state index in [1.54, 1.807) is 6.07 Å². The van der Waals surface area contributed by atoms with Crippen molar-refractivity contribution < 1.29 is 14.6 Å². The van der Waals surface area contributed by atoms with Crippen molar-refractivity contribution >= 4 is 6.16 Å². The number of ether oxygens (including phenoxy) is 1. The van der Waals surface area contributed by atoms with Crippen molar-refractivity contribution in [2.75, 3.05) is 0 Å². The van der Waals surface area contributed by atoms with Gasteiger partial charge in [0.1, 0.15) is 5.75 Å². The van der Waals surface area contributed by atoms with Gasteiger partial charge < -0.3 is 9.84 Å². The van der Waals surface area contributed by atoms with E-state index in [0.29, 0.717) is 5.75 Å². The van der Waals surface area contributed by atoms with Gasteiger partial charge >= 0.3 is 6.16 Å². The van der Waals surface area contributed by atoms with Crippen LogP contribution in [0.2, 0.25) is 0 Å². The minimum absolute atomic E-state index is 0.0193. The maximum atomic E-state index is 11.0. The van der Waals surface area contributed by atoms with Crippen molar-refractivity contribution in [2.45, 2.75) is 52.4 Å². The summed E-state index contributed by atoms with van der Waals surface area (Å²) in [5.74, 6) is 0.363. The summed E-state index contributed by atoms with van der Waals surface area (Å²) in [5, 5.41) is 9.03. The lowest BCUT2D eigenvalue weighted by molar-refractivity contribution is 0.144. The van der Waals surface area contributed by atoms with Gasteiger partial charge in [-0.1, -0.05) is 71.9 Å². The van der Waals surface area contributed by atoms with Crippen molar-refractivity contribution in [2.24, 2.45) is 0 Å². The van der Waals surface area contributed by atoms with Crippen LogP contribution >= 0.6 is 0 Å². The molecule has 0 atom stereocenters. The molecule has 24 heavy (non-hydrogen) atoms. The van der Waals surface area contributed by atoms with Gasteiger partial charge in [0.15, 0.2) is 0 Å². The van der Waals surface area contributed by atoms with E-state index in [0.717, 1.165) is 16.7 Å². The van der Waals surface area contributed by atoms with Crippen molar-refractivity contribution in [3.63, 3.8) is 0 Å². The zero-order valence-electron chi connectivity index (χ0n) is 15.3. The van der Waals surface area contributed by atoms with Gasteiger partial charge in [0, 0.05) is 5.56 Å². The Kier molecular flexibility index (Phi) is 4.75. The lowest BCUT2D eigenvalue weighted by atomic mass is 9.83. The molecule has 0 aliphatic carbocycles. The van der Waals surface area contributed by atoms with E-state index in [-0.39, 0.29) is 10.8 Å². The zero-order chi connectivity index (χ0) is 18.1. The minimum Gasteiger partial charge on any atom is -0.449 e. The monoisotopic (exact) mass is 326 g/mol. The Bertz CT molecular complexity index is 746. The van der Waals surface area contributed by atoms with E-state index in [1.165, 1.54) is 5.56 Å². The Labute approximate surface area is 144 Å². The van der Waals surface area contributed by atoms with Crippen LogP contribution in [0.25, 0.3) is 11.1 Å². The van der Waals surface area contributed by atoms with Gasteiger partial charge in [-0.15, -0.1) is 0 Å². The second-order valence-corrected chi connectivity index (χ2v) is 8.16. The predicted octanol–water partition coefficient (Wildman–Crippen LogP) is 6.01.